The fourth-order valence-corrected chi connectivity index (χ4v) is 7.48. The highest BCUT2D eigenvalue weighted by Crippen LogP contribution is 2.60. The highest BCUT2D eigenvalue weighted by Gasteiger charge is 2.51. The average Bonchev–Trinajstić information content (AvgIpc) is 3.06. The molecule has 4 fully saturated rings. The third kappa shape index (κ3) is 2.40. The Kier molecular flexibility index (Phi) is 3.83. The Hall–Kier alpha value is -1.05. The summed E-state index contributed by atoms with van der Waals surface area (Å²) in [6.45, 7) is 0. The largest absolute Gasteiger partial charge is 0.431 e. The first-order valence-electron chi connectivity index (χ1n) is 10.4. The molecule has 2 heteroatoms. The maximum absolute atomic E-state index is 11.3. The molecule has 1 heterocycles. The smallest absolute Gasteiger partial charge is 0.335 e. The molecule has 0 aromatic carbocycles. The van der Waals surface area contributed by atoms with E-state index in [2.05, 4.69) is 0 Å². The van der Waals surface area contributed by atoms with Gasteiger partial charge in [0.25, 0.3) is 0 Å². The van der Waals surface area contributed by atoms with Gasteiger partial charge in [-0.3, -0.25) is 0 Å². The molecule has 4 aliphatic carbocycles. The van der Waals surface area contributed by atoms with Gasteiger partial charge in [0.15, 0.2) is 0 Å². The molecule has 7 atom stereocenters. The van der Waals surface area contributed by atoms with E-state index in [1.807, 2.05) is 6.07 Å². The van der Waals surface area contributed by atoms with Crippen LogP contribution in [0.1, 0.15) is 75.7 Å². The van der Waals surface area contributed by atoms with Gasteiger partial charge in [-0.1, -0.05) is 19.3 Å². The van der Waals surface area contributed by atoms with Gasteiger partial charge in [-0.05, 0) is 98.0 Å². The Labute approximate surface area is 145 Å². The molecule has 24 heavy (non-hydrogen) atoms. The zero-order valence-electron chi connectivity index (χ0n) is 14.7. The lowest BCUT2D eigenvalue weighted by atomic mass is 9.53. The molecule has 0 bridgehead atoms. The molecule has 0 aliphatic heterocycles. The lowest BCUT2D eigenvalue weighted by molar-refractivity contribution is -0.0206. The first kappa shape index (κ1) is 15.2. The first-order valence-corrected chi connectivity index (χ1v) is 10.4. The second-order valence-corrected chi connectivity index (χ2v) is 9.09. The van der Waals surface area contributed by atoms with Gasteiger partial charge in [-0.25, -0.2) is 4.79 Å². The summed E-state index contributed by atoms with van der Waals surface area (Å²) in [7, 11) is 0. The van der Waals surface area contributed by atoms with Crippen molar-refractivity contribution in [2.75, 3.05) is 0 Å². The van der Waals surface area contributed by atoms with Crippen LogP contribution in [-0.4, -0.2) is 0 Å². The van der Waals surface area contributed by atoms with Gasteiger partial charge in [-0.2, -0.15) is 0 Å². The van der Waals surface area contributed by atoms with Gasteiger partial charge in [0.05, 0.1) is 6.26 Å². The highest BCUT2D eigenvalue weighted by molar-refractivity contribution is 5.18. The molecule has 0 unspecified atom stereocenters. The van der Waals surface area contributed by atoms with Crippen LogP contribution < -0.4 is 5.63 Å². The van der Waals surface area contributed by atoms with E-state index < -0.39 is 0 Å². The first-order chi connectivity index (χ1) is 11.8. The SMILES string of the molecule is O=c1ccc([C@@H]2CC[C@H]3[C@@H]4CC[C@H]5CCCC[C@H]5[C@@H]4CC[C@@H]32)co1. The minimum atomic E-state index is -0.215. The topological polar surface area (TPSA) is 30.2 Å². The number of fused-ring (bicyclic) bond motifs is 5. The van der Waals surface area contributed by atoms with Crippen molar-refractivity contribution in [3.8, 4) is 0 Å². The van der Waals surface area contributed by atoms with Crippen molar-refractivity contribution in [3.05, 3.63) is 34.4 Å². The van der Waals surface area contributed by atoms with Crippen LogP contribution in [0.15, 0.2) is 27.6 Å². The van der Waals surface area contributed by atoms with E-state index in [0.29, 0.717) is 5.92 Å². The predicted molar refractivity (Wildman–Crippen MR) is 94.8 cm³/mol. The maximum atomic E-state index is 11.3. The van der Waals surface area contributed by atoms with Crippen molar-refractivity contribution in [1.82, 2.24) is 0 Å². The molecule has 1 aromatic heterocycles. The molecule has 0 N–H and O–H groups in total. The molecular formula is C22H30O2. The van der Waals surface area contributed by atoms with Crippen molar-refractivity contribution >= 4 is 0 Å². The lowest BCUT2D eigenvalue weighted by Crippen LogP contribution is -2.43. The molecule has 4 aliphatic rings. The number of hydrogen-bond acceptors (Lipinski definition) is 2. The van der Waals surface area contributed by atoms with Crippen LogP contribution in [0.4, 0.5) is 0 Å². The second-order valence-electron chi connectivity index (χ2n) is 9.09. The predicted octanol–water partition coefficient (Wildman–Crippen LogP) is 5.38. The summed E-state index contributed by atoms with van der Waals surface area (Å²) < 4.78 is 5.17. The van der Waals surface area contributed by atoms with Crippen molar-refractivity contribution in [2.45, 2.75) is 70.1 Å². The fraction of sp³-hybridized carbons (Fsp3) is 0.773. The number of hydrogen-bond donors (Lipinski definition) is 0. The molecule has 0 radical (unpaired) electrons. The highest BCUT2D eigenvalue weighted by atomic mass is 16.4. The Morgan fingerprint density at radius 3 is 2.29 bits per heavy atom. The minimum Gasteiger partial charge on any atom is -0.431 e. The van der Waals surface area contributed by atoms with Gasteiger partial charge in [0.2, 0.25) is 0 Å². The average molecular weight is 326 g/mol. The van der Waals surface area contributed by atoms with Crippen molar-refractivity contribution in [3.63, 3.8) is 0 Å². The third-order valence-corrected chi connectivity index (χ3v) is 8.35. The molecule has 0 amide bonds. The van der Waals surface area contributed by atoms with Crippen LogP contribution in [0.3, 0.4) is 0 Å². The molecule has 2 nitrogen and oxygen atoms in total. The van der Waals surface area contributed by atoms with E-state index in [0.717, 1.165) is 35.5 Å². The van der Waals surface area contributed by atoms with E-state index in [-0.39, 0.29) is 5.63 Å². The van der Waals surface area contributed by atoms with E-state index in [1.54, 1.807) is 12.3 Å². The Bertz CT molecular complexity index is 627. The monoisotopic (exact) mass is 326 g/mol. The number of rotatable bonds is 1. The summed E-state index contributed by atoms with van der Waals surface area (Å²) >= 11 is 0. The molecule has 0 saturated heterocycles. The molecule has 4 saturated carbocycles. The quantitative estimate of drug-likeness (QED) is 0.694. The second kappa shape index (κ2) is 6.04. The summed E-state index contributed by atoms with van der Waals surface area (Å²) in [5, 5.41) is 0. The molecule has 5 rings (SSSR count). The van der Waals surface area contributed by atoms with Crippen LogP contribution >= 0.6 is 0 Å². The molecule has 130 valence electrons. The Morgan fingerprint density at radius 1 is 0.708 bits per heavy atom. The lowest BCUT2D eigenvalue weighted by Gasteiger charge is -2.52. The van der Waals surface area contributed by atoms with E-state index in [4.69, 9.17) is 4.42 Å². The summed E-state index contributed by atoms with van der Waals surface area (Å²) in [6, 6.07) is 3.64. The molecular weight excluding hydrogens is 296 g/mol. The molecule has 1 aromatic rings. The normalized spacial score (nSPS) is 44.4. The van der Waals surface area contributed by atoms with E-state index >= 15 is 0 Å². The van der Waals surface area contributed by atoms with E-state index in [1.165, 1.54) is 69.8 Å². The zero-order valence-corrected chi connectivity index (χ0v) is 14.7. The van der Waals surface area contributed by atoms with Gasteiger partial charge >= 0.3 is 5.63 Å². The van der Waals surface area contributed by atoms with Crippen LogP contribution in [0, 0.1) is 35.5 Å². The summed E-state index contributed by atoms with van der Waals surface area (Å²) in [4.78, 5) is 11.3. The van der Waals surface area contributed by atoms with Crippen LogP contribution in [-0.2, 0) is 0 Å². The van der Waals surface area contributed by atoms with Gasteiger partial charge < -0.3 is 4.42 Å². The van der Waals surface area contributed by atoms with Crippen LogP contribution in [0.25, 0.3) is 0 Å². The van der Waals surface area contributed by atoms with Crippen molar-refractivity contribution in [1.29, 1.82) is 0 Å². The third-order valence-electron chi connectivity index (χ3n) is 8.35. The van der Waals surface area contributed by atoms with Crippen molar-refractivity contribution in [2.24, 2.45) is 35.5 Å². The Balaban J connectivity index is 1.37. The van der Waals surface area contributed by atoms with Crippen LogP contribution in [0.5, 0.6) is 0 Å². The standard InChI is InChI=1S/C22H30O2/c23-22-12-6-15(13-24-22)17-8-9-21-19(17)11-10-18-16-4-2-1-3-14(16)5-7-20(18)21/h6,12-14,16-21H,1-5,7-11H2/t14-,16-,17+,18+,19-,20-,21-/m1/s1. The Morgan fingerprint density at radius 2 is 1.42 bits per heavy atom. The molecule has 0 spiro atoms. The van der Waals surface area contributed by atoms with E-state index in [9.17, 15) is 4.79 Å². The summed E-state index contributed by atoms with van der Waals surface area (Å²) in [5.41, 5.74) is 1.07. The van der Waals surface area contributed by atoms with Gasteiger partial charge in [0.1, 0.15) is 0 Å². The van der Waals surface area contributed by atoms with Crippen molar-refractivity contribution < 1.29 is 4.42 Å². The van der Waals surface area contributed by atoms with Crippen LogP contribution in [0.2, 0.25) is 0 Å². The minimum absolute atomic E-state index is 0.215. The fourth-order valence-electron chi connectivity index (χ4n) is 7.48. The van der Waals surface area contributed by atoms with Gasteiger partial charge in [-0.15, -0.1) is 0 Å². The zero-order chi connectivity index (χ0) is 16.1. The summed E-state index contributed by atoms with van der Waals surface area (Å²) in [6.07, 6.45) is 16.4. The maximum Gasteiger partial charge on any atom is 0.335 e. The summed E-state index contributed by atoms with van der Waals surface area (Å²) in [5.74, 6) is 6.61. The van der Waals surface area contributed by atoms with Gasteiger partial charge in [0, 0.05) is 6.07 Å².